The van der Waals surface area contributed by atoms with Crippen molar-refractivity contribution in [1.82, 2.24) is 10.2 Å². The number of para-hydroxylation sites is 2. The molecule has 3 rings (SSSR count). The number of carbonyl (C=O) groups is 1. The van der Waals surface area contributed by atoms with Crippen LogP contribution in [0.25, 0.3) is 0 Å². The van der Waals surface area contributed by atoms with Gasteiger partial charge in [0.1, 0.15) is 0 Å². The molecular formula is C25H34N4O4S. The lowest BCUT2D eigenvalue weighted by molar-refractivity contribution is 0.0976. The molecule has 9 heteroatoms. The molecule has 1 amide bonds. The monoisotopic (exact) mass is 486 g/mol. The number of thiocarbonyl (C=S) groups is 1. The highest BCUT2D eigenvalue weighted by Crippen LogP contribution is 2.39. The maximum Gasteiger partial charge on any atom is 0.257 e. The van der Waals surface area contributed by atoms with Gasteiger partial charge >= 0.3 is 0 Å². The summed E-state index contributed by atoms with van der Waals surface area (Å²) in [5, 5.41) is 6.18. The molecule has 0 saturated carbocycles. The van der Waals surface area contributed by atoms with E-state index in [1.807, 2.05) is 39.0 Å². The summed E-state index contributed by atoms with van der Waals surface area (Å²) in [5.41, 5.74) is 2.28. The summed E-state index contributed by atoms with van der Waals surface area (Å²) in [5.74, 6) is 1.04. The van der Waals surface area contributed by atoms with Crippen molar-refractivity contribution in [2.45, 2.75) is 20.8 Å². The minimum Gasteiger partial charge on any atom is -0.490 e. The molecule has 0 spiro atoms. The van der Waals surface area contributed by atoms with Gasteiger partial charge in [0.2, 0.25) is 5.75 Å². The molecule has 1 aliphatic rings. The third-order valence-electron chi connectivity index (χ3n) is 5.39. The fourth-order valence-electron chi connectivity index (χ4n) is 3.75. The van der Waals surface area contributed by atoms with E-state index in [-0.39, 0.29) is 11.0 Å². The SMILES string of the molecule is CCOc1cc(C(=O)NC(=S)Nc2ccccc2N2CCN(C)CC2)cc(OCC)c1OCC. The second-order valence-electron chi connectivity index (χ2n) is 7.82. The fourth-order valence-corrected chi connectivity index (χ4v) is 3.95. The molecule has 184 valence electrons. The van der Waals surface area contributed by atoms with Crippen LogP contribution in [0.15, 0.2) is 36.4 Å². The van der Waals surface area contributed by atoms with Crippen molar-refractivity contribution >= 4 is 34.6 Å². The first-order valence-corrected chi connectivity index (χ1v) is 12.1. The van der Waals surface area contributed by atoms with Crippen LogP contribution in [0.4, 0.5) is 11.4 Å². The molecule has 0 atom stereocenters. The largest absolute Gasteiger partial charge is 0.490 e. The van der Waals surface area contributed by atoms with Gasteiger partial charge in [0, 0.05) is 31.7 Å². The number of anilines is 2. The van der Waals surface area contributed by atoms with E-state index in [4.69, 9.17) is 26.4 Å². The van der Waals surface area contributed by atoms with Crippen molar-refractivity contribution < 1.29 is 19.0 Å². The number of nitrogens with one attached hydrogen (secondary N) is 2. The summed E-state index contributed by atoms with van der Waals surface area (Å²) >= 11 is 5.47. The first-order chi connectivity index (χ1) is 16.5. The van der Waals surface area contributed by atoms with Crippen molar-refractivity contribution in [3.63, 3.8) is 0 Å². The van der Waals surface area contributed by atoms with Crippen molar-refractivity contribution in [2.24, 2.45) is 0 Å². The Labute approximate surface area is 207 Å². The number of amides is 1. The fraction of sp³-hybridized carbons (Fsp3) is 0.440. The van der Waals surface area contributed by atoms with Gasteiger partial charge in [-0.05, 0) is 64.3 Å². The third kappa shape index (κ3) is 6.51. The molecule has 0 unspecified atom stereocenters. The summed E-state index contributed by atoms with van der Waals surface area (Å²) in [6.07, 6.45) is 0. The van der Waals surface area contributed by atoms with Crippen LogP contribution < -0.4 is 29.7 Å². The molecule has 2 aromatic rings. The molecule has 34 heavy (non-hydrogen) atoms. The summed E-state index contributed by atoms with van der Waals surface area (Å²) in [6, 6.07) is 11.3. The summed E-state index contributed by atoms with van der Waals surface area (Å²) in [7, 11) is 2.13. The molecule has 1 fully saturated rings. The number of benzene rings is 2. The van der Waals surface area contributed by atoms with E-state index < -0.39 is 0 Å². The molecule has 8 nitrogen and oxygen atoms in total. The Morgan fingerprint density at radius 3 is 2.12 bits per heavy atom. The first-order valence-electron chi connectivity index (χ1n) is 11.7. The van der Waals surface area contributed by atoms with E-state index in [0.29, 0.717) is 42.6 Å². The van der Waals surface area contributed by atoms with Gasteiger partial charge in [-0.15, -0.1) is 0 Å². The molecule has 2 aromatic carbocycles. The van der Waals surface area contributed by atoms with Gasteiger partial charge in [0.25, 0.3) is 5.91 Å². The number of nitrogens with zero attached hydrogens (tertiary/aromatic N) is 2. The van der Waals surface area contributed by atoms with E-state index in [1.165, 1.54) is 0 Å². The summed E-state index contributed by atoms with van der Waals surface area (Å²) in [6.45, 7) is 10.8. The van der Waals surface area contributed by atoms with Crippen LogP contribution in [-0.4, -0.2) is 69.0 Å². The van der Waals surface area contributed by atoms with Crippen LogP contribution in [0.2, 0.25) is 0 Å². The van der Waals surface area contributed by atoms with Crippen LogP contribution in [0, 0.1) is 0 Å². The highest BCUT2D eigenvalue weighted by molar-refractivity contribution is 7.80. The van der Waals surface area contributed by atoms with Crippen LogP contribution in [-0.2, 0) is 0 Å². The Hall–Kier alpha value is -3.04. The number of likely N-dealkylation sites (N-methyl/N-ethyl adjacent to an activating group) is 1. The molecule has 0 aromatic heterocycles. The summed E-state index contributed by atoms with van der Waals surface area (Å²) in [4.78, 5) is 17.7. The average molecular weight is 487 g/mol. The minimum atomic E-state index is -0.362. The van der Waals surface area contributed by atoms with Crippen molar-refractivity contribution in [3.8, 4) is 17.2 Å². The molecule has 0 bridgehead atoms. The number of hydrogen-bond donors (Lipinski definition) is 2. The van der Waals surface area contributed by atoms with E-state index in [2.05, 4.69) is 33.5 Å². The van der Waals surface area contributed by atoms with Crippen molar-refractivity contribution in [1.29, 1.82) is 0 Å². The van der Waals surface area contributed by atoms with Gasteiger partial charge < -0.3 is 29.3 Å². The molecule has 1 saturated heterocycles. The topological polar surface area (TPSA) is 75.3 Å². The molecule has 2 N–H and O–H groups in total. The van der Waals surface area contributed by atoms with Gasteiger partial charge in [-0.1, -0.05) is 12.1 Å². The number of ether oxygens (including phenoxy) is 3. The van der Waals surface area contributed by atoms with E-state index in [1.54, 1.807) is 12.1 Å². The highest BCUT2D eigenvalue weighted by atomic mass is 32.1. The lowest BCUT2D eigenvalue weighted by Crippen LogP contribution is -2.45. The Morgan fingerprint density at radius 2 is 1.53 bits per heavy atom. The van der Waals surface area contributed by atoms with Gasteiger partial charge in [0.05, 0.1) is 31.2 Å². The Bertz CT molecular complexity index is 966. The van der Waals surface area contributed by atoms with Gasteiger partial charge in [0.15, 0.2) is 16.6 Å². The number of piperazine rings is 1. The van der Waals surface area contributed by atoms with E-state index in [9.17, 15) is 4.79 Å². The lowest BCUT2D eigenvalue weighted by atomic mass is 10.1. The van der Waals surface area contributed by atoms with Gasteiger partial charge in [-0.2, -0.15) is 0 Å². The molecule has 1 aliphatic heterocycles. The quantitative estimate of drug-likeness (QED) is 0.519. The first kappa shape index (κ1) is 25.6. The number of hydrogen-bond acceptors (Lipinski definition) is 7. The van der Waals surface area contributed by atoms with Gasteiger partial charge in [-0.3, -0.25) is 10.1 Å². The zero-order valence-electron chi connectivity index (χ0n) is 20.3. The molecular weight excluding hydrogens is 452 g/mol. The van der Waals surface area contributed by atoms with Crippen molar-refractivity contribution in [2.75, 3.05) is 63.3 Å². The average Bonchev–Trinajstić information content (AvgIpc) is 2.82. The highest BCUT2D eigenvalue weighted by Gasteiger charge is 2.20. The second kappa shape index (κ2) is 12.4. The smallest absolute Gasteiger partial charge is 0.257 e. The predicted molar refractivity (Wildman–Crippen MR) is 140 cm³/mol. The van der Waals surface area contributed by atoms with Crippen LogP contribution in [0.3, 0.4) is 0 Å². The predicted octanol–water partition coefficient (Wildman–Crippen LogP) is 3.76. The Morgan fingerprint density at radius 1 is 0.941 bits per heavy atom. The normalized spacial score (nSPS) is 13.8. The maximum absolute atomic E-state index is 13.0. The van der Waals surface area contributed by atoms with Crippen LogP contribution in [0.5, 0.6) is 17.2 Å². The molecule has 0 radical (unpaired) electrons. The Balaban J connectivity index is 1.75. The van der Waals surface area contributed by atoms with E-state index in [0.717, 1.165) is 37.6 Å². The third-order valence-corrected chi connectivity index (χ3v) is 5.60. The number of rotatable bonds is 9. The summed E-state index contributed by atoms with van der Waals surface area (Å²) < 4.78 is 17.2. The second-order valence-corrected chi connectivity index (χ2v) is 8.22. The van der Waals surface area contributed by atoms with Crippen LogP contribution in [0.1, 0.15) is 31.1 Å². The molecule has 0 aliphatic carbocycles. The standard InChI is InChI=1S/C25H34N4O4S/c1-5-31-21-16-18(17-22(32-6-2)23(21)33-7-3)24(30)27-25(34)26-19-10-8-9-11-20(19)29-14-12-28(4)13-15-29/h8-11,16-17H,5-7,12-15H2,1-4H3,(H2,26,27,30,34). The number of carbonyl (C=O) groups excluding carboxylic acids is 1. The lowest BCUT2D eigenvalue weighted by Gasteiger charge is -2.35. The maximum atomic E-state index is 13.0. The van der Waals surface area contributed by atoms with Gasteiger partial charge in [-0.25, -0.2) is 0 Å². The minimum absolute atomic E-state index is 0.219. The van der Waals surface area contributed by atoms with Crippen molar-refractivity contribution in [3.05, 3.63) is 42.0 Å². The van der Waals surface area contributed by atoms with Crippen LogP contribution >= 0.6 is 12.2 Å². The zero-order chi connectivity index (χ0) is 24.5. The molecule has 1 heterocycles. The van der Waals surface area contributed by atoms with E-state index >= 15 is 0 Å². The Kier molecular flexibility index (Phi) is 9.35. The zero-order valence-corrected chi connectivity index (χ0v) is 21.2.